The number of carbonyl (C=O) groups excluding carboxylic acids is 2. The summed E-state index contributed by atoms with van der Waals surface area (Å²) in [5, 5.41) is 3.53. The molecule has 1 amide bonds. The number of nitrogens with two attached hydrogens (primary N) is 1. The van der Waals surface area contributed by atoms with Gasteiger partial charge in [-0.2, -0.15) is 0 Å². The normalized spacial score (nSPS) is 21.9. The van der Waals surface area contributed by atoms with Gasteiger partial charge in [-0.25, -0.2) is 0 Å². The molecule has 3 N–H and O–H groups in total. The molecule has 0 bridgehead atoms. The van der Waals surface area contributed by atoms with Gasteiger partial charge in [-0.3, -0.25) is 9.59 Å². The predicted octanol–water partition coefficient (Wildman–Crippen LogP) is 2.63. The van der Waals surface area contributed by atoms with E-state index in [4.69, 9.17) is 17.3 Å². The van der Waals surface area contributed by atoms with Crippen LogP contribution < -0.4 is 11.1 Å². The highest BCUT2D eigenvalue weighted by Crippen LogP contribution is 2.35. The minimum absolute atomic E-state index is 0.0173. The van der Waals surface area contributed by atoms with Crippen molar-refractivity contribution in [2.24, 2.45) is 5.73 Å². The first-order valence-electron chi connectivity index (χ1n) is 8.74. The highest BCUT2D eigenvalue weighted by atomic mass is 35.5. The summed E-state index contributed by atoms with van der Waals surface area (Å²) in [5.41, 5.74) is 7.52. The Morgan fingerprint density at radius 1 is 1.41 bits per heavy atom. The number of halogens is 1. The van der Waals surface area contributed by atoms with Crippen LogP contribution >= 0.6 is 23.4 Å². The Morgan fingerprint density at radius 3 is 2.85 bits per heavy atom. The third-order valence-corrected chi connectivity index (χ3v) is 5.90. The van der Waals surface area contributed by atoms with Crippen LogP contribution in [0.1, 0.15) is 12.0 Å². The molecular weight excluding hydrogens is 382 g/mol. The first-order chi connectivity index (χ1) is 13.0. The highest BCUT2D eigenvalue weighted by Gasteiger charge is 2.39. The molecule has 2 atom stereocenters. The van der Waals surface area contributed by atoms with E-state index in [1.165, 1.54) is 0 Å². The molecule has 2 aliphatic rings. The number of hydrogen-bond acceptors (Lipinski definition) is 5. The van der Waals surface area contributed by atoms with Crippen LogP contribution in [0.4, 0.5) is 0 Å². The Balaban J connectivity index is 1.86. The van der Waals surface area contributed by atoms with Crippen molar-refractivity contribution in [2.45, 2.75) is 25.0 Å². The molecule has 0 spiro atoms. The van der Waals surface area contributed by atoms with Crippen LogP contribution in [-0.2, 0) is 16.1 Å². The van der Waals surface area contributed by atoms with Crippen LogP contribution in [0.15, 0.2) is 59.7 Å². The summed E-state index contributed by atoms with van der Waals surface area (Å²) in [6, 6.07) is 6.51. The lowest BCUT2D eigenvalue weighted by Gasteiger charge is -2.39. The molecular formula is C20H22ClN3O2S. The van der Waals surface area contributed by atoms with Crippen molar-refractivity contribution >= 4 is 35.1 Å². The minimum atomic E-state index is -0.499. The highest BCUT2D eigenvalue weighted by molar-refractivity contribution is 8.03. The molecule has 0 radical (unpaired) electrons. The van der Waals surface area contributed by atoms with Gasteiger partial charge in [0.25, 0.3) is 5.91 Å². The van der Waals surface area contributed by atoms with Crippen LogP contribution in [0.5, 0.6) is 0 Å². The number of rotatable bonds is 6. The number of hydrogen-bond donors (Lipinski definition) is 2. The van der Waals surface area contributed by atoms with Gasteiger partial charge in [0, 0.05) is 35.0 Å². The van der Waals surface area contributed by atoms with Gasteiger partial charge >= 0.3 is 0 Å². The van der Waals surface area contributed by atoms with Crippen molar-refractivity contribution in [1.82, 2.24) is 10.2 Å². The predicted molar refractivity (Wildman–Crippen MR) is 110 cm³/mol. The molecule has 1 fully saturated rings. The molecule has 27 heavy (non-hydrogen) atoms. The molecule has 1 aromatic carbocycles. The monoisotopic (exact) mass is 403 g/mol. The van der Waals surface area contributed by atoms with Gasteiger partial charge in [0.15, 0.2) is 5.78 Å². The lowest BCUT2D eigenvalue weighted by atomic mass is 9.98. The maximum absolute atomic E-state index is 12.7. The summed E-state index contributed by atoms with van der Waals surface area (Å²) < 4.78 is 0. The van der Waals surface area contributed by atoms with Gasteiger partial charge in [-0.15, -0.1) is 18.3 Å². The average Bonchev–Trinajstić information content (AvgIpc) is 2.66. The van der Waals surface area contributed by atoms with Gasteiger partial charge in [0.05, 0.1) is 11.6 Å². The molecule has 0 saturated carbocycles. The van der Waals surface area contributed by atoms with E-state index < -0.39 is 12.1 Å². The zero-order valence-electron chi connectivity index (χ0n) is 14.9. The third kappa shape index (κ3) is 4.64. The number of carbonyl (C=O) groups is 2. The Labute approximate surface area is 168 Å². The topological polar surface area (TPSA) is 75.4 Å². The largest absolute Gasteiger partial charge is 0.358 e. The lowest BCUT2D eigenvalue weighted by molar-refractivity contribution is -0.123. The molecule has 7 heteroatoms. The maximum atomic E-state index is 12.7. The number of thioether (sulfide) groups is 1. The zero-order valence-corrected chi connectivity index (χ0v) is 16.4. The van der Waals surface area contributed by atoms with Gasteiger partial charge in [0.2, 0.25) is 0 Å². The van der Waals surface area contributed by atoms with E-state index in [-0.39, 0.29) is 11.7 Å². The van der Waals surface area contributed by atoms with Crippen LogP contribution in [0.2, 0.25) is 5.02 Å². The van der Waals surface area contributed by atoms with Crippen molar-refractivity contribution in [3.63, 3.8) is 0 Å². The fourth-order valence-electron chi connectivity index (χ4n) is 3.03. The van der Waals surface area contributed by atoms with Crippen molar-refractivity contribution < 1.29 is 9.59 Å². The molecule has 2 heterocycles. The van der Waals surface area contributed by atoms with Gasteiger partial charge < -0.3 is 16.0 Å². The Morgan fingerprint density at radius 2 is 2.15 bits per heavy atom. The van der Waals surface area contributed by atoms with Crippen LogP contribution in [0, 0.1) is 0 Å². The van der Waals surface area contributed by atoms with Gasteiger partial charge in [-0.05, 0) is 30.2 Å². The molecule has 0 aromatic heterocycles. The Kier molecular flexibility index (Phi) is 6.42. The van der Waals surface area contributed by atoms with E-state index in [1.54, 1.807) is 30.1 Å². The summed E-state index contributed by atoms with van der Waals surface area (Å²) in [6.45, 7) is 4.67. The van der Waals surface area contributed by atoms with E-state index >= 15 is 0 Å². The quantitative estimate of drug-likeness (QED) is 0.564. The summed E-state index contributed by atoms with van der Waals surface area (Å²) >= 11 is 7.50. The molecule has 3 rings (SSSR count). The molecule has 0 aliphatic carbocycles. The summed E-state index contributed by atoms with van der Waals surface area (Å²) in [4.78, 5) is 28.0. The number of ketones is 1. The second kappa shape index (κ2) is 8.78. The first kappa shape index (κ1) is 19.7. The number of amides is 1. The standard InChI is InChI=1S/C20H22ClN3O2S/c1-2-3-8-23-20(26)14-9-17-18(19(25)16(22)12-27-17)24(11-14)10-13-4-6-15(21)7-5-13/h2,4-7,9,11,16,18H,1,3,8,10,12,22H2,(H,23,26)/t16-,18?/m0/s1. The van der Waals surface area contributed by atoms with Crippen molar-refractivity contribution in [1.29, 1.82) is 0 Å². The lowest BCUT2D eigenvalue weighted by Crippen LogP contribution is -2.52. The summed E-state index contributed by atoms with van der Waals surface area (Å²) in [6.07, 6.45) is 6.02. The van der Waals surface area contributed by atoms with E-state index in [9.17, 15) is 9.59 Å². The van der Waals surface area contributed by atoms with Crippen LogP contribution in [-0.4, -0.2) is 41.0 Å². The Bertz CT molecular complexity index is 804. The van der Waals surface area contributed by atoms with Crippen molar-refractivity contribution in [2.75, 3.05) is 12.3 Å². The van der Waals surface area contributed by atoms with Crippen LogP contribution in [0.3, 0.4) is 0 Å². The van der Waals surface area contributed by atoms with E-state index in [2.05, 4.69) is 11.9 Å². The number of nitrogens with zero attached hydrogens (tertiary/aromatic N) is 1. The van der Waals surface area contributed by atoms with Gasteiger partial charge in [-0.1, -0.05) is 29.8 Å². The minimum Gasteiger partial charge on any atom is -0.358 e. The summed E-state index contributed by atoms with van der Waals surface area (Å²) in [5.74, 6) is 0.351. The van der Waals surface area contributed by atoms with E-state index in [1.807, 2.05) is 29.2 Å². The fraction of sp³-hybridized carbons (Fsp3) is 0.300. The van der Waals surface area contributed by atoms with Gasteiger partial charge in [0.1, 0.15) is 6.04 Å². The van der Waals surface area contributed by atoms with E-state index in [0.717, 1.165) is 10.5 Å². The second-order valence-electron chi connectivity index (χ2n) is 6.49. The molecule has 1 aromatic rings. The van der Waals surface area contributed by atoms with E-state index in [0.29, 0.717) is 35.9 Å². The third-order valence-electron chi connectivity index (χ3n) is 4.44. The SMILES string of the molecule is C=CCCNC(=O)C1=CN(Cc2ccc(Cl)cc2)C2C(=O)[C@@H](N)CSC2=C1. The smallest absolute Gasteiger partial charge is 0.252 e. The first-order valence-corrected chi connectivity index (χ1v) is 10.1. The maximum Gasteiger partial charge on any atom is 0.252 e. The molecule has 5 nitrogen and oxygen atoms in total. The van der Waals surface area contributed by atoms with Crippen molar-refractivity contribution in [3.05, 3.63) is 70.3 Å². The molecule has 1 unspecified atom stereocenters. The average molecular weight is 404 g/mol. The van der Waals surface area contributed by atoms with Crippen molar-refractivity contribution in [3.8, 4) is 0 Å². The number of Topliss-reactive ketones (excluding diaryl/α,β-unsaturated/α-hetero) is 1. The number of benzene rings is 1. The molecule has 142 valence electrons. The number of fused-ring (bicyclic) bond motifs is 1. The molecule has 2 aliphatic heterocycles. The number of nitrogens with one attached hydrogen (secondary N) is 1. The Hall–Kier alpha value is -2.02. The van der Waals surface area contributed by atoms with Crippen LogP contribution in [0.25, 0.3) is 0 Å². The fourth-order valence-corrected chi connectivity index (χ4v) is 4.31. The molecule has 1 saturated heterocycles. The zero-order chi connectivity index (χ0) is 19.4. The second-order valence-corrected chi connectivity index (χ2v) is 8.02. The summed E-state index contributed by atoms with van der Waals surface area (Å²) in [7, 11) is 0.